The minimum atomic E-state index is -4.07. The Bertz CT molecular complexity index is 912. The standard InChI is InChI=1S/C13H10FN3O6S/c14-9-1-3-10(4-2-9)24(22,23)16-15-7-8-5-11(17(20)21)13(19)6-12(8)18/h1-7,16,18-19H/b15-7+. The molecule has 0 saturated carbocycles. The third-order valence-electron chi connectivity index (χ3n) is 2.82. The minimum Gasteiger partial charge on any atom is -0.507 e. The molecular weight excluding hydrogens is 345 g/mol. The van der Waals surface area contributed by atoms with Gasteiger partial charge in [-0.25, -0.2) is 9.22 Å². The zero-order valence-electron chi connectivity index (χ0n) is 11.7. The maximum atomic E-state index is 12.8. The van der Waals surface area contributed by atoms with E-state index in [1.165, 1.54) is 0 Å². The Kier molecular flexibility index (Phi) is 4.64. The fraction of sp³-hybridized carbons (Fsp3) is 0. The Morgan fingerprint density at radius 3 is 2.38 bits per heavy atom. The van der Waals surface area contributed by atoms with Crippen molar-refractivity contribution in [3.63, 3.8) is 0 Å². The molecule has 0 fully saturated rings. The highest BCUT2D eigenvalue weighted by Gasteiger charge is 2.17. The summed E-state index contributed by atoms with van der Waals surface area (Å²) in [5, 5.41) is 33.0. The molecule has 0 radical (unpaired) electrons. The van der Waals surface area contributed by atoms with Crippen LogP contribution in [0.2, 0.25) is 0 Å². The van der Waals surface area contributed by atoms with Crippen LogP contribution >= 0.6 is 0 Å². The molecule has 24 heavy (non-hydrogen) atoms. The van der Waals surface area contributed by atoms with E-state index in [4.69, 9.17) is 0 Å². The Hall–Kier alpha value is -3.21. The molecule has 0 aliphatic carbocycles. The number of hydrogen-bond donors (Lipinski definition) is 3. The monoisotopic (exact) mass is 355 g/mol. The highest BCUT2D eigenvalue weighted by atomic mass is 32.2. The molecule has 0 bridgehead atoms. The second-order valence-corrected chi connectivity index (χ2v) is 6.12. The Morgan fingerprint density at radius 1 is 1.17 bits per heavy atom. The molecule has 11 heteroatoms. The average molecular weight is 355 g/mol. The number of hydrogen-bond acceptors (Lipinski definition) is 7. The van der Waals surface area contributed by atoms with E-state index >= 15 is 0 Å². The van der Waals surface area contributed by atoms with Crippen molar-refractivity contribution in [2.45, 2.75) is 4.90 Å². The SMILES string of the molecule is O=[N+]([O-])c1cc(/C=N/NS(=O)(=O)c2ccc(F)cc2)c(O)cc1O. The van der Waals surface area contributed by atoms with E-state index in [0.717, 1.165) is 42.6 Å². The second kappa shape index (κ2) is 6.50. The summed E-state index contributed by atoms with van der Waals surface area (Å²) < 4.78 is 36.6. The highest BCUT2D eigenvalue weighted by molar-refractivity contribution is 7.89. The normalized spacial score (nSPS) is 11.5. The molecule has 0 aliphatic rings. The molecule has 0 spiro atoms. The van der Waals surface area contributed by atoms with Crippen molar-refractivity contribution >= 4 is 21.9 Å². The lowest BCUT2D eigenvalue weighted by Crippen LogP contribution is -2.18. The summed E-state index contributed by atoms with van der Waals surface area (Å²) in [4.78, 5) is 11.4. The maximum absolute atomic E-state index is 12.8. The first-order valence-electron chi connectivity index (χ1n) is 6.21. The lowest BCUT2D eigenvalue weighted by atomic mass is 10.2. The zero-order valence-corrected chi connectivity index (χ0v) is 12.6. The fourth-order valence-corrected chi connectivity index (χ4v) is 2.45. The van der Waals surface area contributed by atoms with Crippen molar-refractivity contribution in [1.29, 1.82) is 0 Å². The fourth-order valence-electron chi connectivity index (χ4n) is 1.66. The number of halogens is 1. The van der Waals surface area contributed by atoms with Gasteiger partial charge in [-0.15, -0.1) is 0 Å². The van der Waals surface area contributed by atoms with Crippen molar-refractivity contribution in [2.75, 3.05) is 0 Å². The van der Waals surface area contributed by atoms with Gasteiger partial charge < -0.3 is 10.2 Å². The van der Waals surface area contributed by atoms with Gasteiger partial charge in [-0.2, -0.15) is 13.5 Å². The quantitative estimate of drug-likeness (QED) is 0.421. The molecule has 0 saturated heterocycles. The summed E-state index contributed by atoms with van der Waals surface area (Å²) in [7, 11) is -4.07. The van der Waals surface area contributed by atoms with Crippen LogP contribution in [0.15, 0.2) is 46.4 Å². The minimum absolute atomic E-state index is 0.193. The summed E-state index contributed by atoms with van der Waals surface area (Å²) in [5.74, 6) is -1.90. The average Bonchev–Trinajstić information content (AvgIpc) is 2.49. The summed E-state index contributed by atoms with van der Waals surface area (Å²) in [6, 6.07) is 5.50. The molecule has 0 aromatic heterocycles. The third-order valence-corrected chi connectivity index (χ3v) is 4.06. The molecule has 0 amide bonds. The van der Waals surface area contributed by atoms with Gasteiger partial charge in [0.1, 0.15) is 11.6 Å². The predicted molar refractivity (Wildman–Crippen MR) is 80.7 cm³/mol. The number of sulfonamides is 1. The van der Waals surface area contributed by atoms with Gasteiger partial charge in [0, 0.05) is 17.7 Å². The summed E-state index contributed by atoms with van der Waals surface area (Å²) in [5.41, 5.74) is -0.878. The van der Waals surface area contributed by atoms with Gasteiger partial charge in [-0.05, 0) is 24.3 Å². The van der Waals surface area contributed by atoms with Gasteiger partial charge in [0.05, 0.1) is 16.0 Å². The lowest BCUT2D eigenvalue weighted by Gasteiger charge is -2.04. The topological polar surface area (TPSA) is 142 Å². The van der Waals surface area contributed by atoms with Crippen LogP contribution in [0.1, 0.15) is 5.56 Å². The maximum Gasteiger partial charge on any atom is 0.311 e. The first-order valence-corrected chi connectivity index (χ1v) is 7.70. The summed E-state index contributed by atoms with van der Waals surface area (Å²) in [6.07, 6.45) is 0.822. The molecular formula is C13H10FN3O6S. The molecule has 0 unspecified atom stereocenters. The van der Waals surface area contributed by atoms with E-state index in [0.29, 0.717) is 0 Å². The Morgan fingerprint density at radius 2 is 1.79 bits per heavy atom. The number of benzene rings is 2. The first-order chi connectivity index (χ1) is 11.2. The lowest BCUT2D eigenvalue weighted by molar-refractivity contribution is -0.385. The van der Waals surface area contributed by atoms with E-state index in [1.54, 1.807) is 0 Å². The van der Waals surface area contributed by atoms with E-state index in [9.17, 15) is 33.1 Å². The molecule has 9 nitrogen and oxygen atoms in total. The predicted octanol–water partition coefficient (Wildman–Crippen LogP) is 1.46. The van der Waals surface area contributed by atoms with Crippen LogP contribution in [-0.2, 0) is 10.0 Å². The number of nitro benzene ring substituents is 1. The molecule has 0 heterocycles. The molecule has 0 aliphatic heterocycles. The van der Waals surface area contributed by atoms with Crippen LogP contribution in [-0.4, -0.2) is 29.8 Å². The number of nitro groups is 1. The van der Waals surface area contributed by atoms with Crippen LogP contribution < -0.4 is 4.83 Å². The van der Waals surface area contributed by atoms with E-state index < -0.39 is 38.0 Å². The third kappa shape index (κ3) is 3.76. The number of nitrogens with one attached hydrogen (secondary N) is 1. The van der Waals surface area contributed by atoms with Gasteiger partial charge in [-0.3, -0.25) is 10.1 Å². The number of hydrazone groups is 1. The van der Waals surface area contributed by atoms with E-state index in [-0.39, 0.29) is 10.5 Å². The number of nitrogens with zero attached hydrogens (tertiary/aromatic N) is 2. The van der Waals surface area contributed by atoms with Crippen LogP contribution in [0, 0.1) is 15.9 Å². The zero-order chi connectivity index (χ0) is 17.9. The molecule has 2 rings (SSSR count). The number of rotatable bonds is 5. The van der Waals surface area contributed by atoms with Crippen molar-refractivity contribution in [3.05, 3.63) is 57.9 Å². The Balaban J connectivity index is 2.24. The molecule has 0 atom stereocenters. The van der Waals surface area contributed by atoms with Crippen LogP contribution in [0.4, 0.5) is 10.1 Å². The van der Waals surface area contributed by atoms with Crippen molar-refractivity contribution in [1.82, 2.24) is 4.83 Å². The van der Waals surface area contributed by atoms with Gasteiger partial charge in [-0.1, -0.05) is 0 Å². The van der Waals surface area contributed by atoms with Crippen molar-refractivity contribution in [2.24, 2.45) is 5.10 Å². The van der Waals surface area contributed by atoms with Gasteiger partial charge in [0.25, 0.3) is 10.0 Å². The van der Waals surface area contributed by atoms with Gasteiger partial charge in [0.2, 0.25) is 0 Å². The molecule has 2 aromatic carbocycles. The largest absolute Gasteiger partial charge is 0.507 e. The van der Waals surface area contributed by atoms with Crippen LogP contribution in [0.3, 0.4) is 0 Å². The Labute approximate surface area is 134 Å². The number of aromatic hydroxyl groups is 2. The highest BCUT2D eigenvalue weighted by Crippen LogP contribution is 2.31. The van der Waals surface area contributed by atoms with Crippen molar-refractivity contribution in [3.8, 4) is 11.5 Å². The second-order valence-electron chi connectivity index (χ2n) is 4.46. The number of phenolic OH excluding ortho intramolecular Hbond substituents is 2. The number of phenols is 2. The first kappa shape index (κ1) is 17.1. The van der Waals surface area contributed by atoms with Crippen LogP contribution in [0.25, 0.3) is 0 Å². The van der Waals surface area contributed by atoms with Crippen molar-refractivity contribution < 1.29 is 27.9 Å². The van der Waals surface area contributed by atoms with Crippen LogP contribution in [0.5, 0.6) is 11.5 Å². The van der Waals surface area contributed by atoms with Gasteiger partial charge in [0.15, 0.2) is 5.75 Å². The molecule has 3 N–H and O–H groups in total. The smallest absolute Gasteiger partial charge is 0.311 e. The summed E-state index contributed by atoms with van der Waals surface area (Å²) >= 11 is 0. The van der Waals surface area contributed by atoms with E-state index in [1.807, 2.05) is 4.83 Å². The molecule has 126 valence electrons. The molecule has 2 aromatic rings. The summed E-state index contributed by atoms with van der Waals surface area (Å²) in [6.45, 7) is 0. The van der Waals surface area contributed by atoms with Gasteiger partial charge >= 0.3 is 5.69 Å². The van der Waals surface area contributed by atoms with E-state index in [2.05, 4.69) is 5.10 Å².